The first-order valence-corrected chi connectivity index (χ1v) is 13.9. The summed E-state index contributed by atoms with van der Waals surface area (Å²) in [6.45, 7) is 2.45. The average molecular weight is 547 g/mol. The van der Waals surface area contributed by atoms with Gasteiger partial charge in [-0.25, -0.2) is 4.39 Å². The van der Waals surface area contributed by atoms with Crippen LogP contribution in [0.4, 0.5) is 4.39 Å². The molecule has 0 spiro atoms. The predicted molar refractivity (Wildman–Crippen MR) is 148 cm³/mol. The van der Waals surface area contributed by atoms with Crippen molar-refractivity contribution < 1.29 is 28.2 Å². The number of furan rings is 1. The molecule has 4 rings (SSSR count). The van der Waals surface area contributed by atoms with Crippen molar-refractivity contribution in [2.45, 2.75) is 32.6 Å². The molecule has 39 heavy (non-hydrogen) atoms. The molecular formula is C31H29FNO5S-. The van der Waals surface area contributed by atoms with Gasteiger partial charge in [0.15, 0.2) is 0 Å². The van der Waals surface area contributed by atoms with Gasteiger partial charge in [-0.1, -0.05) is 30.3 Å². The van der Waals surface area contributed by atoms with Gasteiger partial charge in [0.25, 0.3) is 5.91 Å². The van der Waals surface area contributed by atoms with Crippen LogP contribution in [0.1, 0.15) is 33.7 Å². The zero-order valence-electron chi connectivity index (χ0n) is 21.7. The van der Waals surface area contributed by atoms with Gasteiger partial charge in [0.2, 0.25) is 0 Å². The maximum atomic E-state index is 13.2. The number of ether oxygens (including phenoxy) is 1. The molecule has 0 aliphatic carbocycles. The van der Waals surface area contributed by atoms with E-state index in [4.69, 9.17) is 9.15 Å². The molecule has 1 heterocycles. The molecule has 4 aromatic rings. The summed E-state index contributed by atoms with van der Waals surface area (Å²) in [4.78, 5) is 24.8. The Morgan fingerprint density at radius 2 is 1.77 bits per heavy atom. The molecule has 0 saturated heterocycles. The average Bonchev–Trinajstić information content (AvgIpc) is 3.40. The number of aliphatic carboxylic acids is 1. The minimum Gasteiger partial charge on any atom is -0.548 e. The number of hydrogen-bond donors (Lipinski definition) is 1. The third-order valence-electron chi connectivity index (χ3n) is 6.27. The van der Waals surface area contributed by atoms with Crippen molar-refractivity contribution >= 4 is 23.6 Å². The Labute approximate surface area is 231 Å². The molecule has 0 bridgehead atoms. The third kappa shape index (κ3) is 7.37. The predicted octanol–water partition coefficient (Wildman–Crippen LogP) is 5.38. The highest BCUT2D eigenvalue weighted by atomic mass is 32.2. The van der Waals surface area contributed by atoms with E-state index in [-0.39, 0.29) is 25.5 Å². The van der Waals surface area contributed by atoms with E-state index in [0.717, 1.165) is 22.3 Å². The van der Waals surface area contributed by atoms with Gasteiger partial charge in [0.1, 0.15) is 23.9 Å². The number of halogens is 1. The molecule has 1 atom stereocenters. The van der Waals surface area contributed by atoms with Crippen LogP contribution in [-0.4, -0.2) is 29.9 Å². The molecule has 0 aliphatic heterocycles. The van der Waals surface area contributed by atoms with Crippen LogP contribution in [0, 0.1) is 12.7 Å². The molecule has 1 aromatic heterocycles. The lowest BCUT2D eigenvalue weighted by atomic mass is 9.93. The smallest absolute Gasteiger partial charge is 0.252 e. The van der Waals surface area contributed by atoms with E-state index in [9.17, 15) is 19.1 Å². The lowest BCUT2D eigenvalue weighted by Gasteiger charge is -2.21. The van der Waals surface area contributed by atoms with Gasteiger partial charge in [-0.3, -0.25) is 4.79 Å². The molecule has 6 nitrogen and oxygen atoms in total. The van der Waals surface area contributed by atoms with Gasteiger partial charge in [-0.15, -0.1) is 0 Å². The second kappa shape index (κ2) is 13.3. The number of carboxylic acids is 1. The summed E-state index contributed by atoms with van der Waals surface area (Å²) < 4.78 is 24.9. The molecule has 0 unspecified atom stereocenters. The molecule has 0 saturated carbocycles. The summed E-state index contributed by atoms with van der Waals surface area (Å²) in [5.74, 6) is -0.251. The van der Waals surface area contributed by atoms with E-state index in [1.54, 1.807) is 24.3 Å². The number of carbonyl (C=O) groups is 2. The first-order chi connectivity index (χ1) is 18.9. The summed E-state index contributed by atoms with van der Waals surface area (Å²) in [7, 11) is 0. The standard InChI is InChI=1S/C31H30FNO5S/c1-20-5-3-4-6-25(20)27-17-21(7-13-26(27)30(34)33-28(31(35)36)15-16-39-2)18-37-19-24-12-14-29(38-24)22-8-10-23(32)11-9-22/h3-14,17,28H,15-16,18-19H2,1-2H3,(H,33,34)(H,35,36)/p-1/t28-/m0/s1. The largest absolute Gasteiger partial charge is 0.548 e. The molecule has 8 heteroatoms. The lowest BCUT2D eigenvalue weighted by molar-refractivity contribution is -0.308. The third-order valence-corrected chi connectivity index (χ3v) is 6.91. The van der Waals surface area contributed by atoms with Gasteiger partial charge in [-0.2, -0.15) is 11.8 Å². The molecule has 0 aliphatic rings. The molecule has 202 valence electrons. The topological polar surface area (TPSA) is 91.6 Å². The monoisotopic (exact) mass is 546 g/mol. The summed E-state index contributed by atoms with van der Waals surface area (Å²) in [5.41, 5.74) is 4.52. The van der Waals surface area contributed by atoms with Crippen molar-refractivity contribution in [1.29, 1.82) is 0 Å². The van der Waals surface area contributed by atoms with Crippen LogP contribution in [0.5, 0.6) is 0 Å². The number of thioether (sulfide) groups is 1. The second-order valence-corrected chi connectivity index (χ2v) is 10.1. The fraction of sp³-hybridized carbons (Fsp3) is 0.226. The van der Waals surface area contributed by atoms with E-state index in [1.165, 1.54) is 23.9 Å². The number of carboxylic acid groups (broad SMARTS) is 1. The van der Waals surface area contributed by atoms with Gasteiger partial charge < -0.3 is 24.4 Å². The van der Waals surface area contributed by atoms with Crippen molar-refractivity contribution in [2.75, 3.05) is 12.0 Å². The number of nitrogens with one attached hydrogen (secondary N) is 1. The first kappa shape index (κ1) is 28.1. The van der Waals surface area contributed by atoms with Crippen LogP contribution in [0.3, 0.4) is 0 Å². The minimum absolute atomic E-state index is 0.228. The second-order valence-electron chi connectivity index (χ2n) is 9.09. The SMILES string of the molecule is CSCC[C@H](NC(=O)c1ccc(COCc2ccc(-c3ccc(F)cc3)o2)cc1-c1ccccc1C)C(=O)[O-]. The number of aryl methyl sites for hydroxylation is 1. The Hall–Kier alpha value is -3.88. The summed E-state index contributed by atoms with van der Waals surface area (Å²) >= 11 is 1.50. The van der Waals surface area contributed by atoms with Crippen LogP contribution in [0.25, 0.3) is 22.5 Å². The van der Waals surface area contributed by atoms with Crippen LogP contribution in [-0.2, 0) is 22.7 Å². The van der Waals surface area contributed by atoms with Gasteiger partial charge in [0.05, 0.1) is 18.6 Å². The van der Waals surface area contributed by atoms with Gasteiger partial charge in [-0.05, 0) is 96.1 Å². The maximum absolute atomic E-state index is 13.2. The molecule has 0 fully saturated rings. The lowest BCUT2D eigenvalue weighted by Crippen LogP contribution is -2.48. The van der Waals surface area contributed by atoms with Crippen LogP contribution < -0.4 is 10.4 Å². The van der Waals surface area contributed by atoms with E-state index in [2.05, 4.69) is 5.32 Å². The highest BCUT2D eigenvalue weighted by molar-refractivity contribution is 7.98. The quantitative estimate of drug-likeness (QED) is 0.257. The van der Waals surface area contributed by atoms with Crippen molar-refractivity contribution in [3.05, 3.63) is 107 Å². The Kier molecular flexibility index (Phi) is 9.57. The van der Waals surface area contributed by atoms with Gasteiger partial charge in [0, 0.05) is 11.1 Å². The molecule has 0 radical (unpaired) electrons. The Balaban J connectivity index is 1.50. The fourth-order valence-corrected chi connectivity index (χ4v) is 4.66. The van der Waals surface area contributed by atoms with Crippen molar-refractivity contribution in [3.63, 3.8) is 0 Å². The van der Waals surface area contributed by atoms with Crippen LogP contribution in [0.2, 0.25) is 0 Å². The number of hydrogen-bond acceptors (Lipinski definition) is 6. The molecule has 3 aromatic carbocycles. The number of carbonyl (C=O) groups excluding carboxylic acids is 2. The van der Waals surface area contributed by atoms with Crippen molar-refractivity contribution in [3.8, 4) is 22.5 Å². The van der Waals surface area contributed by atoms with Gasteiger partial charge >= 0.3 is 0 Å². The molecule has 1 N–H and O–H groups in total. The Morgan fingerprint density at radius 3 is 2.49 bits per heavy atom. The summed E-state index contributed by atoms with van der Waals surface area (Å²) in [6, 6.07) is 21.7. The fourth-order valence-electron chi connectivity index (χ4n) is 4.19. The van der Waals surface area contributed by atoms with Crippen LogP contribution >= 0.6 is 11.8 Å². The van der Waals surface area contributed by atoms with Crippen LogP contribution in [0.15, 0.2) is 83.3 Å². The number of benzene rings is 3. The Morgan fingerprint density at radius 1 is 1.00 bits per heavy atom. The zero-order valence-corrected chi connectivity index (χ0v) is 22.6. The molecule has 1 amide bonds. The number of rotatable bonds is 12. The maximum Gasteiger partial charge on any atom is 0.252 e. The highest BCUT2D eigenvalue weighted by Crippen LogP contribution is 2.29. The number of amides is 1. The highest BCUT2D eigenvalue weighted by Gasteiger charge is 2.19. The first-order valence-electron chi connectivity index (χ1n) is 12.5. The molecular weight excluding hydrogens is 517 g/mol. The summed E-state index contributed by atoms with van der Waals surface area (Å²) in [6.07, 6.45) is 2.15. The zero-order chi connectivity index (χ0) is 27.8. The normalized spacial score (nSPS) is 11.8. The van der Waals surface area contributed by atoms with Crippen molar-refractivity contribution in [1.82, 2.24) is 5.32 Å². The minimum atomic E-state index is -1.31. The summed E-state index contributed by atoms with van der Waals surface area (Å²) in [5, 5.41) is 14.2. The van der Waals surface area contributed by atoms with E-state index in [0.29, 0.717) is 28.4 Å². The van der Waals surface area contributed by atoms with E-state index >= 15 is 0 Å². The van der Waals surface area contributed by atoms with E-state index in [1.807, 2.05) is 55.6 Å². The van der Waals surface area contributed by atoms with E-state index < -0.39 is 17.9 Å². The Bertz CT molecular complexity index is 1430. The van der Waals surface area contributed by atoms with Crippen molar-refractivity contribution in [2.24, 2.45) is 0 Å².